The first-order chi connectivity index (χ1) is 13.9. The average molecular weight is 417 g/mol. The van der Waals surface area contributed by atoms with Crippen LogP contribution in [-0.4, -0.2) is 47.5 Å². The number of carbonyl (C=O) groups is 1. The van der Waals surface area contributed by atoms with Gasteiger partial charge in [0.15, 0.2) is 5.82 Å². The smallest absolute Gasteiger partial charge is 0.286 e. The molecule has 29 heavy (non-hydrogen) atoms. The van der Waals surface area contributed by atoms with Crippen molar-refractivity contribution in [1.82, 2.24) is 15.0 Å². The van der Waals surface area contributed by atoms with Gasteiger partial charge in [-0.05, 0) is 30.9 Å². The van der Waals surface area contributed by atoms with Gasteiger partial charge in [0.05, 0.1) is 10.6 Å². The summed E-state index contributed by atoms with van der Waals surface area (Å²) in [7, 11) is -4.02. The Morgan fingerprint density at radius 3 is 2.66 bits per heavy atom. The molecule has 10 heteroatoms. The quantitative estimate of drug-likeness (QED) is 0.748. The maximum atomic E-state index is 13.1. The molecule has 0 bridgehead atoms. The fourth-order valence-corrected chi connectivity index (χ4v) is 4.95. The second kappa shape index (κ2) is 7.58. The Hall–Kier alpha value is -2.75. The Labute approximate surface area is 169 Å². The summed E-state index contributed by atoms with van der Waals surface area (Å²) >= 11 is 0. The molecule has 0 unspecified atom stereocenters. The van der Waals surface area contributed by atoms with E-state index in [1.54, 1.807) is 23.1 Å². The highest BCUT2D eigenvalue weighted by atomic mass is 32.2. The molecule has 1 aromatic heterocycles. The first kappa shape index (κ1) is 19.6. The Bertz CT molecular complexity index is 1050. The molecule has 0 N–H and O–H groups in total. The first-order valence-electron chi connectivity index (χ1n) is 9.71. The zero-order valence-corrected chi connectivity index (χ0v) is 17.2. The molecule has 1 fully saturated rings. The molecule has 2 aliphatic rings. The Kier molecular flexibility index (Phi) is 5.12. The maximum Gasteiger partial charge on any atom is 0.286 e. The summed E-state index contributed by atoms with van der Waals surface area (Å²) in [6.45, 7) is 5.17. The highest BCUT2D eigenvalue weighted by molar-refractivity contribution is 8.08. The van der Waals surface area contributed by atoms with Crippen LogP contribution < -0.4 is 5.01 Å². The molecule has 0 saturated carbocycles. The van der Waals surface area contributed by atoms with Gasteiger partial charge in [-0.15, -0.1) is 0 Å². The van der Waals surface area contributed by atoms with E-state index in [1.807, 2.05) is 6.92 Å². The number of hydrogen-bond donors (Lipinski definition) is 0. The topological polar surface area (TPSA) is 109 Å². The van der Waals surface area contributed by atoms with Crippen molar-refractivity contribution >= 4 is 26.5 Å². The van der Waals surface area contributed by atoms with Gasteiger partial charge in [0.25, 0.3) is 5.91 Å². The van der Waals surface area contributed by atoms with Crippen molar-refractivity contribution in [2.45, 2.75) is 44.6 Å². The predicted octanol–water partition coefficient (Wildman–Crippen LogP) is 2.00. The zero-order valence-electron chi connectivity index (χ0n) is 16.4. The number of hydrogen-bond acceptors (Lipinski definition) is 8. The molecule has 1 amide bonds. The number of likely N-dealkylation sites (tertiary alicyclic amines) is 1. The average Bonchev–Trinajstić information content (AvgIpc) is 3.18. The molecule has 0 radical (unpaired) electrons. The van der Waals surface area contributed by atoms with Crippen molar-refractivity contribution in [2.75, 3.05) is 18.1 Å². The Morgan fingerprint density at radius 1 is 1.24 bits per heavy atom. The molecule has 3 heterocycles. The molecule has 0 aliphatic carbocycles. The van der Waals surface area contributed by atoms with Gasteiger partial charge in [0, 0.05) is 19.5 Å². The van der Waals surface area contributed by atoms with Crippen molar-refractivity contribution in [3.8, 4) is 0 Å². The van der Waals surface area contributed by atoms with E-state index in [1.165, 1.54) is 11.1 Å². The maximum absolute atomic E-state index is 13.1. The standard InChI is InChI=1S/C19H23N5O4S/c1-3-16-20-17(28-22-16)12-24-14-6-4-5-7-15(14)29(26,27)18(21-24)19(25)23-10-8-13(2)9-11-23/h4-7,13H,3,8-12H2,1-2H3. The van der Waals surface area contributed by atoms with E-state index in [0.29, 0.717) is 42.8 Å². The summed E-state index contributed by atoms with van der Waals surface area (Å²) < 4.78 is 31.5. The number of sulfone groups is 1. The molecule has 2 aliphatic heterocycles. The summed E-state index contributed by atoms with van der Waals surface area (Å²) in [5, 5.41) is 9.10. The van der Waals surface area contributed by atoms with Crippen LogP contribution in [0.25, 0.3) is 0 Å². The molecule has 1 aromatic carbocycles. The number of carbonyl (C=O) groups excluding carboxylic acids is 1. The van der Waals surface area contributed by atoms with E-state index >= 15 is 0 Å². The van der Waals surface area contributed by atoms with Crippen LogP contribution in [0.4, 0.5) is 5.69 Å². The molecule has 0 atom stereocenters. The molecule has 4 rings (SSSR count). The number of hydrazone groups is 1. The van der Waals surface area contributed by atoms with Crippen molar-refractivity contribution in [3.05, 3.63) is 36.0 Å². The molecular formula is C19H23N5O4S. The number of piperidine rings is 1. The summed E-state index contributed by atoms with van der Waals surface area (Å²) in [5.74, 6) is 0.821. The number of amides is 1. The van der Waals surface area contributed by atoms with Gasteiger partial charge in [-0.25, -0.2) is 8.42 Å². The van der Waals surface area contributed by atoms with Crippen LogP contribution in [0.15, 0.2) is 38.8 Å². The normalized spacial score (nSPS) is 19.0. The largest absolute Gasteiger partial charge is 0.337 e. The molecule has 1 saturated heterocycles. The van der Waals surface area contributed by atoms with Gasteiger partial charge in [-0.1, -0.05) is 31.1 Å². The van der Waals surface area contributed by atoms with Gasteiger partial charge in [0.1, 0.15) is 6.54 Å². The second-order valence-corrected chi connectivity index (χ2v) is 9.20. The Morgan fingerprint density at radius 2 is 1.97 bits per heavy atom. The number of aryl methyl sites for hydroxylation is 1. The van der Waals surface area contributed by atoms with Crippen molar-refractivity contribution < 1.29 is 17.7 Å². The van der Waals surface area contributed by atoms with E-state index in [9.17, 15) is 13.2 Å². The van der Waals surface area contributed by atoms with Gasteiger partial charge in [-0.3, -0.25) is 9.80 Å². The second-order valence-electron chi connectivity index (χ2n) is 7.37. The lowest BCUT2D eigenvalue weighted by molar-refractivity contribution is -0.125. The number of para-hydroxylation sites is 1. The van der Waals surface area contributed by atoms with Gasteiger partial charge in [0.2, 0.25) is 20.8 Å². The highest BCUT2D eigenvalue weighted by Gasteiger charge is 2.40. The summed E-state index contributed by atoms with van der Waals surface area (Å²) in [6, 6.07) is 6.49. The molecular weight excluding hydrogens is 394 g/mol. The van der Waals surface area contributed by atoms with E-state index in [0.717, 1.165) is 12.8 Å². The zero-order chi connectivity index (χ0) is 20.6. The third-order valence-corrected chi connectivity index (χ3v) is 6.95. The van der Waals surface area contributed by atoms with Crippen molar-refractivity contribution in [3.63, 3.8) is 0 Å². The minimum atomic E-state index is -4.02. The lowest BCUT2D eigenvalue weighted by Crippen LogP contribution is -2.46. The number of benzene rings is 1. The lowest BCUT2D eigenvalue weighted by Gasteiger charge is -2.32. The number of fused-ring (bicyclic) bond motifs is 1. The third kappa shape index (κ3) is 3.64. The van der Waals surface area contributed by atoms with E-state index in [4.69, 9.17) is 4.52 Å². The van der Waals surface area contributed by atoms with Crippen molar-refractivity contribution in [1.29, 1.82) is 0 Å². The van der Waals surface area contributed by atoms with Crippen LogP contribution in [0.3, 0.4) is 0 Å². The van der Waals surface area contributed by atoms with Crippen LogP contribution in [0.1, 0.15) is 38.4 Å². The summed E-state index contributed by atoms with van der Waals surface area (Å²) in [5.41, 5.74) is 0.382. The van der Waals surface area contributed by atoms with Gasteiger partial charge >= 0.3 is 0 Å². The van der Waals surface area contributed by atoms with E-state index < -0.39 is 20.8 Å². The van der Waals surface area contributed by atoms with Gasteiger partial charge < -0.3 is 9.42 Å². The van der Waals surface area contributed by atoms with Crippen LogP contribution in [-0.2, 0) is 27.6 Å². The van der Waals surface area contributed by atoms with E-state index in [2.05, 4.69) is 22.2 Å². The van der Waals surface area contributed by atoms with E-state index in [-0.39, 0.29) is 11.4 Å². The number of anilines is 1. The number of rotatable bonds is 4. The molecule has 2 aromatic rings. The summed E-state index contributed by atoms with van der Waals surface area (Å²) in [6.07, 6.45) is 2.32. The minimum Gasteiger partial charge on any atom is -0.337 e. The molecule has 154 valence electrons. The summed E-state index contributed by atoms with van der Waals surface area (Å²) in [4.78, 5) is 19.0. The fraction of sp³-hybridized carbons (Fsp3) is 0.474. The SMILES string of the molecule is CCc1noc(CN2N=C(C(=O)N3CCC(C)CC3)S(=O)(=O)c3ccccc32)n1. The molecule has 0 spiro atoms. The highest BCUT2D eigenvalue weighted by Crippen LogP contribution is 2.33. The van der Waals surface area contributed by atoms with Crippen LogP contribution in [0.2, 0.25) is 0 Å². The van der Waals surface area contributed by atoms with Crippen LogP contribution in [0, 0.1) is 5.92 Å². The molecule has 9 nitrogen and oxygen atoms in total. The fourth-order valence-electron chi connectivity index (χ4n) is 3.47. The predicted molar refractivity (Wildman–Crippen MR) is 106 cm³/mol. The number of aromatic nitrogens is 2. The third-order valence-electron chi connectivity index (χ3n) is 5.26. The monoisotopic (exact) mass is 417 g/mol. The Balaban J connectivity index is 1.71. The number of nitrogens with zero attached hydrogens (tertiary/aromatic N) is 5. The van der Waals surface area contributed by atoms with Crippen molar-refractivity contribution in [2.24, 2.45) is 11.0 Å². The first-order valence-corrected chi connectivity index (χ1v) is 11.2. The minimum absolute atomic E-state index is 0.0546. The van der Waals surface area contributed by atoms with Gasteiger partial charge in [-0.2, -0.15) is 10.1 Å². The van der Waals surface area contributed by atoms with Crippen LogP contribution in [0.5, 0.6) is 0 Å². The lowest BCUT2D eigenvalue weighted by atomic mass is 9.99. The van der Waals surface area contributed by atoms with Crippen LogP contribution >= 0.6 is 0 Å².